The molecule has 3 aromatic rings. The number of carbonyl (C=O) groups is 1. The average Bonchev–Trinajstić information content (AvgIpc) is 3.13. The molecule has 1 heterocycles. The molecule has 0 bridgehead atoms. The van der Waals surface area contributed by atoms with Gasteiger partial charge in [-0.1, -0.05) is 23.4 Å². The second kappa shape index (κ2) is 8.64. The Balaban J connectivity index is 1.81. The van der Waals surface area contributed by atoms with E-state index in [0.29, 0.717) is 28.7 Å². The fourth-order valence-corrected chi connectivity index (χ4v) is 3.82. The van der Waals surface area contributed by atoms with Crippen LogP contribution in [0, 0.1) is 13.8 Å². The zero-order valence-corrected chi connectivity index (χ0v) is 17.9. The van der Waals surface area contributed by atoms with Crippen LogP contribution in [0.1, 0.15) is 27.6 Å². The summed E-state index contributed by atoms with van der Waals surface area (Å²) in [5.74, 6) is 0.680. The minimum Gasteiger partial charge on any atom is -0.485 e. The maximum absolute atomic E-state index is 12.8. The molecule has 0 fully saturated rings. The van der Waals surface area contributed by atoms with Crippen LogP contribution in [0.15, 0.2) is 51.9 Å². The Kier molecular flexibility index (Phi) is 6.18. The minimum absolute atomic E-state index is 0.0391. The third kappa shape index (κ3) is 4.66. The molecule has 10 heteroatoms. The number of ether oxygens (including phenoxy) is 1. The first-order valence-corrected chi connectivity index (χ1v) is 10.5. The molecule has 0 aliphatic rings. The Hall–Kier alpha value is -3.24. The SMILES string of the molecule is Cc1nc(COc2ccccc2C(=O)Nc2ccc(C)c(S(=O)(=O)N(C)C)c2)no1. The van der Waals surface area contributed by atoms with E-state index in [9.17, 15) is 13.2 Å². The lowest BCUT2D eigenvalue weighted by Crippen LogP contribution is -2.23. The average molecular weight is 430 g/mol. The maximum atomic E-state index is 12.8. The standard InChI is InChI=1S/C20H22N4O5S/c1-13-9-10-15(11-18(13)30(26,27)24(3)4)22-20(25)16-7-5-6-8-17(16)28-12-19-21-14(2)29-23-19/h5-11H,12H2,1-4H3,(H,22,25). The molecule has 0 spiro atoms. The number of anilines is 1. The van der Waals surface area contributed by atoms with E-state index in [2.05, 4.69) is 15.5 Å². The molecule has 0 radical (unpaired) electrons. The largest absolute Gasteiger partial charge is 0.485 e. The molecule has 1 aromatic heterocycles. The van der Waals surface area contributed by atoms with Crippen molar-refractivity contribution in [3.8, 4) is 5.75 Å². The number of sulfonamides is 1. The van der Waals surface area contributed by atoms with Crippen LogP contribution in [0.5, 0.6) is 5.75 Å². The highest BCUT2D eigenvalue weighted by atomic mass is 32.2. The summed E-state index contributed by atoms with van der Waals surface area (Å²) in [6.45, 7) is 3.41. The van der Waals surface area contributed by atoms with Crippen molar-refractivity contribution in [2.75, 3.05) is 19.4 Å². The van der Waals surface area contributed by atoms with Crippen LogP contribution in [0.25, 0.3) is 0 Å². The lowest BCUT2D eigenvalue weighted by Gasteiger charge is -2.15. The van der Waals surface area contributed by atoms with E-state index in [1.165, 1.54) is 20.2 Å². The van der Waals surface area contributed by atoms with Gasteiger partial charge >= 0.3 is 0 Å². The van der Waals surface area contributed by atoms with Gasteiger partial charge in [0, 0.05) is 26.7 Å². The van der Waals surface area contributed by atoms with E-state index in [-0.39, 0.29) is 17.1 Å². The number of carbonyl (C=O) groups excluding carboxylic acids is 1. The summed E-state index contributed by atoms with van der Waals surface area (Å²) < 4.78 is 36.7. The van der Waals surface area contributed by atoms with E-state index >= 15 is 0 Å². The topological polar surface area (TPSA) is 115 Å². The van der Waals surface area contributed by atoms with Gasteiger partial charge in [0.2, 0.25) is 21.7 Å². The van der Waals surface area contributed by atoms with E-state index in [4.69, 9.17) is 9.26 Å². The maximum Gasteiger partial charge on any atom is 0.259 e. The van der Waals surface area contributed by atoms with Crippen molar-refractivity contribution >= 4 is 21.6 Å². The van der Waals surface area contributed by atoms with Crippen molar-refractivity contribution in [3.63, 3.8) is 0 Å². The van der Waals surface area contributed by atoms with E-state index < -0.39 is 15.9 Å². The van der Waals surface area contributed by atoms with Crippen LogP contribution in [0.3, 0.4) is 0 Å². The first kappa shape index (κ1) is 21.5. The first-order valence-electron chi connectivity index (χ1n) is 9.04. The van der Waals surface area contributed by atoms with Crippen molar-refractivity contribution in [1.29, 1.82) is 0 Å². The molecule has 1 N–H and O–H groups in total. The summed E-state index contributed by atoms with van der Waals surface area (Å²) in [7, 11) is -0.727. The Labute approximate surface area is 174 Å². The summed E-state index contributed by atoms with van der Waals surface area (Å²) in [6, 6.07) is 11.4. The Morgan fingerprint density at radius 3 is 2.57 bits per heavy atom. The number of aryl methyl sites for hydroxylation is 2. The van der Waals surface area contributed by atoms with Crippen LogP contribution in [-0.2, 0) is 16.6 Å². The zero-order valence-electron chi connectivity index (χ0n) is 17.0. The molecule has 1 amide bonds. The Bertz CT molecular complexity index is 1170. The normalized spacial score (nSPS) is 11.5. The molecular weight excluding hydrogens is 408 g/mol. The van der Waals surface area contributed by atoms with Gasteiger partial charge in [0.05, 0.1) is 10.5 Å². The summed E-state index contributed by atoms with van der Waals surface area (Å²) in [5, 5.41) is 6.48. The van der Waals surface area contributed by atoms with Crippen molar-refractivity contribution in [3.05, 3.63) is 65.3 Å². The fourth-order valence-electron chi connectivity index (χ4n) is 2.67. The van der Waals surface area contributed by atoms with Crippen LogP contribution in [0.2, 0.25) is 0 Å². The second-order valence-corrected chi connectivity index (χ2v) is 8.86. The van der Waals surface area contributed by atoms with Crippen LogP contribution < -0.4 is 10.1 Å². The number of hydrogen-bond acceptors (Lipinski definition) is 7. The van der Waals surface area contributed by atoms with Gasteiger partial charge in [0.25, 0.3) is 5.91 Å². The van der Waals surface area contributed by atoms with Gasteiger partial charge < -0.3 is 14.6 Å². The third-order valence-corrected chi connectivity index (χ3v) is 6.22. The highest BCUT2D eigenvalue weighted by Crippen LogP contribution is 2.24. The smallest absolute Gasteiger partial charge is 0.259 e. The number of para-hydroxylation sites is 1. The zero-order chi connectivity index (χ0) is 21.9. The molecule has 0 saturated carbocycles. The first-order chi connectivity index (χ1) is 14.2. The number of amides is 1. The molecule has 0 aliphatic carbocycles. The predicted molar refractivity (Wildman–Crippen MR) is 110 cm³/mol. The monoisotopic (exact) mass is 430 g/mol. The quantitative estimate of drug-likeness (QED) is 0.613. The Morgan fingerprint density at radius 1 is 1.17 bits per heavy atom. The molecule has 0 saturated heterocycles. The number of nitrogens with one attached hydrogen (secondary N) is 1. The Morgan fingerprint density at radius 2 is 1.90 bits per heavy atom. The lowest BCUT2D eigenvalue weighted by molar-refractivity contribution is 0.102. The molecule has 3 rings (SSSR count). The van der Waals surface area contributed by atoms with Gasteiger partial charge in [-0.3, -0.25) is 4.79 Å². The van der Waals surface area contributed by atoms with Gasteiger partial charge in [-0.05, 0) is 36.8 Å². The molecule has 0 unspecified atom stereocenters. The van der Waals surface area contributed by atoms with Crippen molar-refractivity contribution in [2.24, 2.45) is 0 Å². The van der Waals surface area contributed by atoms with Gasteiger partial charge in [0.1, 0.15) is 5.75 Å². The third-order valence-electron chi connectivity index (χ3n) is 4.26. The highest BCUT2D eigenvalue weighted by molar-refractivity contribution is 7.89. The predicted octanol–water partition coefficient (Wildman–Crippen LogP) is 2.77. The molecule has 2 aromatic carbocycles. The fraction of sp³-hybridized carbons (Fsp3) is 0.250. The van der Waals surface area contributed by atoms with Gasteiger partial charge in [-0.2, -0.15) is 4.98 Å². The lowest BCUT2D eigenvalue weighted by atomic mass is 10.1. The second-order valence-electron chi connectivity index (χ2n) is 6.74. The van der Waals surface area contributed by atoms with E-state index in [1.54, 1.807) is 50.2 Å². The number of nitrogens with zero attached hydrogens (tertiary/aromatic N) is 3. The number of hydrogen-bond donors (Lipinski definition) is 1. The highest BCUT2D eigenvalue weighted by Gasteiger charge is 2.21. The van der Waals surface area contributed by atoms with E-state index in [0.717, 1.165) is 4.31 Å². The summed E-state index contributed by atoms with van der Waals surface area (Å²) in [5.41, 5.74) is 1.23. The van der Waals surface area contributed by atoms with Crippen molar-refractivity contribution in [1.82, 2.24) is 14.4 Å². The van der Waals surface area contributed by atoms with E-state index in [1.807, 2.05) is 0 Å². The molecule has 30 heavy (non-hydrogen) atoms. The minimum atomic E-state index is -3.64. The van der Waals surface area contributed by atoms with Crippen molar-refractivity contribution in [2.45, 2.75) is 25.3 Å². The summed E-state index contributed by atoms with van der Waals surface area (Å²) in [4.78, 5) is 17.0. The van der Waals surface area contributed by atoms with Crippen molar-refractivity contribution < 1.29 is 22.5 Å². The number of rotatable bonds is 7. The summed E-state index contributed by atoms with van der Waals surface area (Å²) in [6.07, 6.45) is 0. The molecule has 9 nitrogen and oxygen atoms in total. The molecule has 0 atom stereocenters. The molecular formula is C20H22N4O5S. The summed E-state index contributed by atoms with van der Waals surface area (Å²) >= 11 is 0. The van der Waals surface area contributed by atoms with Gasteiger partial charge in [-0.25, -0.2) is 12.7 Å². The van der Waals surface area contributed by atoms with Gasteiger partial charge in [-0.15, -0.1) is 0 Å². The number of aromatic nitrogens is 2. The number of benzene rings is 2. The van der Waals surface area contributed by atoms with Crippen LogP contribution in [0.4, 0.5) is 5.69 Å². The van der Waals surface area contributed by atoms with Crippen LogP contribution in [-0.4, -0.2) is 42.9 Å². The van der Waals surface area contributed by atoms with Crippen LogP contribution >= 0.6 is 0 Å². The van der Waals surface area contributed by atoms with Gasteiger partial charge in [0.15, 0.2) is 6.61 Å². The molecule has 0 aliphatic heterocycles. The molecule has 158 valence electrons.